The summed E-state index contributed by atoms with van der Waals surface area (Å²) in [6.45, 7) is 1.70. The lowest BCUT2D eigenvalue weighted by molar-refractivity contribution is 0.143. The van der Waals surface area contributed by atoms with E-state index in [0.717, 1.165) is 4.52 Å². The number of fused-ring (bicyclic) bond motifs is 1. The van der Waals surface area contributed by atoms with Gasteiger partial charge >= 0.3 is 0 Å². The van der Waals surface area contributed by atoms with E-state index in [-0.39, 0.29) is 5.69 Å². The Bertz CT molecular complexity index is 812. The van der Waals surface area contributed by atoms with Crippen LogP contribution in [0.3, 0.4) is 0 Å². The number of aryl methyl sites for hydroxylation is 1. The summed E-state index contributed by atoms with van der Waals surface area (Å²) in [6.07, 6.45) is -2.69. The minimum absolute atomic E-state index is 0.256. The van der Waals surface area contributed by atoms with Gasteiger partial charge in [0.15, 0.2) is 5.65 Å². The molecule has 108 valence electrons. The van der Waals surface area contributed by atoms with E-state index in [0.29, 0.717) is 27.1 Å². The largest absolute Gasteiger partial charge is 0.280 e. The Kier molecular flexibility index (Phi) is 3.44. The molecule has 3 rings (SSSR count). The summed E-state index contributed by atoms with van der Waals surface area (Å²) in [5, 5.41) is 4.05. The summed E-state index contributed by atoms with van der Waals surface area (Å²) >= 11 is 3.30. The second-order valence-electron chi connectivity index (χ2n) is 4.51. The summed E-state index contributed by atoms with van der Waals surface area (Å²) in [5.41, 5.74) is 1.53. The zero-order chi connectivity index (χ0) is 15.1. The molecule has 0 fully saturated rings. The van der Waals surface area contributed by atoms with Crippen LogP contribution < -0.4 is 0 Å². The molecular formula is C14H9BrF3N3. The number of alkyl halides is 2. The molecular weight excluding hydrogens is 347 g/mol. The van der Waals surface area contributed by atoms with Crippen LogP contribution in [0, 0.1) is 12.7 Å². The Labute approximate surface area is 126 Å². The first-order valence-electron chi connectivity index (χ1n) is 6.07. The molecule has 0 atom stereocenters. The fraction of sp³-hybridized carbons (Fsp3) is 0.143. The van der Waals surface area contributed by atoms with Gasteiger partial charge in [-0.2, -0.15) is 5.10 Å². The summed E-state index contributed by atoms with van der Waals surface area (Å²) < 4.78 is 41.1. The third-order valence-corrected chi connectivity index (χ3v) is 4.01. The van der Waals surface area contributed by atoms with Gasteiger partial charge in [0.05, 0.1) is 15.9 Å². The number of halogens is 4. The number of benzene rings is 1. The lowest BCUT2D eigenvalue weighted by atomic mass is 10.1. The van der Waals surface area contributed by atoms with Gasteiger partial charge in [0.25, 0.3) is 6.43 Å². The van der Waals surface area contributed by atoms with E-state index >= 15 is 0 Å². The standard InChI is InChI=1S/C14H9BrF3N3/c1-7-12(15)14-19-10(8-2-4-9(16)5-3-8)6-11(13(17)18)21(14)20-7/h2-6,13H,1H3. The van der Waals surface area contributed by atoms with Gasteiger partial charge < -0.3 is 0 Å². The summed E-state index contributed by atoms with van der Waals surface area (Å²) in [5.74, 6) is -0.393. The topological polar surface area (TPSA) is 30.2 Å². The molecule has 0 aliphatic rings. The van der Waals surface area contributed by atoms with E-state index in [1.54, 1.807) is 6.92 Å². The first-order valence-corrected chi connectivity index (χ1v) is 6.86. The van der Waals surface area contributed by atoms with Gasteiger partial charge in [-0.05, 0) is 53.2 Å². The number of hydrogen-bond donors (Lipinski definition) is 0. The van der Waals surface area contributed by atoms with Crippen LogP contribution in [0.15, 0.2) is 34.8 Å². The maximum absolute atomic E-state index is 13.2. The summed E-state index contributed by atoms with van der Waals surface area (Å²) in [6, 6.07) is 6.80. The molecule has 0 amide bonds. The van der Waals surface area contributed by atoms with Crippen LogP contribution in [0.4, 0.5) is 13.2 Å². The smallest absolute Gasteiger partial charge is 0.227 e. The predicted molar refractivity (Wildman–Crippen MR) is 75.8 cm³/mol. The molecule has 0 aliphatic heterocycles. The maximum Gasteiger partial charge on any atom is 0.280 e. The van der Waals surface area contributed by atoms with Crippen LogP contribution in [-0.4, -0.2) is 14.6 Å². The van der Waals surface area contributed by atoms with E-state index in [9.17, 15) is 13.2 Å². The zero-order valence-electron chi connectivity index (χ0n) is 10.8. The van der Waals surface area contributed by atoms with Crippen LogP contribution in [-0.2, 0) is 0 Å². The quantitative estimate of drug-likeness (QED) is 0.675. The molecule has 21 heavy (non-hydrogen) atoms. The number of aromatic nitrogens is 3. The van der Waals surface area contributed by atoms with Crippen LogP contribution in [0.5, 0.6) is 0 Å². The van der Waals surface area contributed by atoms with Gasteiger partial charge in [0.1, 0.15) is 11.5 Å². The highest BCUT2D eigenvalue weighted by Gasteiger charge is 2.19. The molecule has 2 heterocycles. The second kappa shape index (κ2) is 5.14. The van der Waals surface area contributed by atoms with E-state index in [4.69, 9.17) is 0 Å². The Morgan fingerprint density at radius 1 is 1.19 bits per heavy atom. The van der Waals surface area contributed by atoms with Crippen molar-refractivity contribution in [2.75, 3.05) is 0 Å². The molecule has 3 aromatic rings. The van der Waals surface area contributed by atoms with E-state index in [1.165, 1.54) is 30.3 Å². The van der Waals surface area contributed by atoms with Crippen LogP contribution in [0.2, 0.25) is 0 Å². The number of rotatable bonds is 2. The molecule has 2 aromatic heterocycles. The third-order valence-electron chi connectivity index (χ3n) is 3.08. The highest BCUT2D eigenvalue weighted by molar-refractivity contribution is 9.10. The van der Waals surface area contributed by atoms with Crippen molar-refractivity contribution in [1.29, 1.82) is 0 Å². The number of nitrogens with zero attached hydrogens (tertiary/aromatic N) is 3. The molecule has 0 saturated carbocycles. The highest BCUT2D eigenvalue weighted by atomic mass is 79.9. The van der Waals surface area contributed by atoms with E-state index in [2.05, 4.69) is 26.0 Å². The molecule has 7 heteroatoms. The summed E-state index contributed by atoms with van der Waals surface area (Å²) in [4.78, 5) is 4.34. The van der Waals surface area contributed by atoms with Crippen molar-refractivity contribution < 1.29 is 13.2 Å². The third kappa shape index (κ3) is 2.42. The minimum atomic E-state index is -2.69. The monoisotopic (exact) mass is 355 g/mol. The molecule has 0 saturated heterocycles. The van der Waals surface area contributed by atoms with Crippen molar-refractivity contribution in [1.82, 2.24) is 14.6 Å². The van der Waals surface area contributed by atoms with Crippen LogP contribution in [0.1, 0.15) is 17.8 Å². The van der Waals surface area contributed by atoms with Crippen LogP contribution >= 0.6 is 15.9 Å². The summed E-state index contributed by atoms with van der Waals surface area (Å²) in [7, 11) is 0. The first kappa shape index (κ1) is 14.1. The fourth-order valence-corrected chi connectivity index (χ4v) is 2.38. The van der Waals surface area contributed by atoms with Crippen molar-refractivity contribution >= 4 is 21.6 Å². The molecule has 0 N–H and O–H groups in total. The predicted octanol–water partition coefficient (Wildman–Crippen LogP) is 4.54. The van der Waals surface area contributed by atoms with Crippen LogP contribution in [0.25, 0.3) is 16.9 Å². The Morgan fingerprint density at radius 2 is 1.86 bits per heavy atom. The Morgan fingerprint density at radius 3 is 2.48 bits per heavy atom. The van der Waals surface area contributed by atoms with Crippen molar-refractivity contribution in [3.63, 3.8) is 0 Å². The second-order valence-corrected chi connectivity index (χ2v) is 5.30. The SMILES string of the molecule is Cc1nn2c(C(F)F)cc(-c3ccc(F)cc3)nc2c1Br. The average molecular weight is 356 g/mol. The van der Waals surface area contributed by atoms with Crippen molar-refractivity contribution in [2.45, 2.75) is 13.3 Å². The molecule has 0 radical (unpaired) electrons. The maximum atomic E-state index is 13.2. The highest BCUT2D eigenvalue weighted by Crippen LogP contribution is 2.29. The van der Waals surface area contributed by atoms with Gasteiger partial charge in [-0.1, -0.05) is 0 Å². The first-order chi connectivity index (χ1) is 9.97. The lowest BCUT2D eigenvalue weighted by Gasteiger charge is -2.07. The van der Waals surface area contributed by atoms with Gasteiger partial charge in [-0.3, -0.25) is 0 Å². The normalized spacial score (nSPS) is 11.5. The number of hydrogen-bond acceptors (Lipinski definition) is 2. The van der Waals surface area contributed by atoms with E-state index < -0.39 is 12.2 Å². The van der Waals surface area contributed by atoms with Crippen molar-refractivity contribution in [3.05, 3.63) is 52.0 Å². The Balaban J connectivity index is 2.29. The molecule has 0 spiro atoms. The van der Waals surface area contributed by atoms with E-state index in [1.807, 2.05) is 0 Å². The van der Waals surface area contributed by atoms with Crippen molar-refractivity contribution in [3.8, 4) is 11.3 Å². The van der Waals surface area contributed by atoms with Gasteiger partial charge in [-0.15, -0.1) is 0 Å². The minimum Gasteiger partial charge on any atom is -0.227 e. The molecule has 0 aliphatic carbocycles. The zero-order valence-corrected chi connectivity index (χ0v) is 12.4. The van der Waals surface area contributed by atoms with Gasteiger partial charge in [0.2, 0.25) is 0 Å². The molecule has 1 aromatic carbocycles. The fourth-order valence-electron chi connectivity index (χ4n) is 2.04. The average Bonchev–Trinajstić information content (AvgIpc) is 2.74. The lowest BCUT2D eigenvalue weighted by Crippen LogP contribution is -2.02. The molecule has 0 bridgehead atoms. The van der Waals surface area contributed by atoms with Gasteiger partial charge in [0, 0.05) is 5.56 Å². The molecule has 3 nitrogen and oxygen atoms in total. The van der Waals surface area contributed by atoms with Crippen molar-refractivity contribution in [2.24, 2.45) is 0 Å². The van der Waals surface area contributed by atoms with Gasteiger partial charge in [-0.25, -0.2) is 22.7 Å². The molecule has 0 unspecified atom stereocenters. The Hall–Kier alpha value is -1.89.